The van der Waals surface area contributed by atoms with Crippen LogP contribution < -0.4 is 10.2 Å². The highest BCUT2D eigenvalue weighted by atomic mass is 31.1. The minimum absolute atomic E-state index is 0.0882. The van der Waals surface area contributed by atoms with Crippen LogP contribution in [0.25, 0.3) is 0 Å². The van der Waals surface area contributed by atoms with Crippen LogP contribution in [0.5, 0.6) is 5.75 Å². The third kappa shape index (κ3) is 8.51. The van der Waals surface area contributed by atoms with E-state index in [-0.39, 0.29) is 11.7 Å². The number of amides is 1. The van der Waals surface area contributed by atoms with Gasteiger partial charge in [-0.25, -0.2) is 0 Å². The number of carbonyl (C=O) groups is 1. The maximum Gasteiger partial charge on any atom is 0.259 e. The molecule has 196 valence electrons. The van der Waals surface area contributed by atoms with Crippen molar-refractivity contribution in [3.05, 3.63) is 58.7 Å². The fraction of sp³-hybridized carbons (Fsp3) is 0.464. The van der Waals surface area contributed by atoms with Gasteiger partial charge >= 0.3 is 0 Å². The lowest BCUT2D eigenvalue weighted by atomic mass is 10.0. The average Bonchev–Trinajstić information content (AvgIpc) is 3.15. The van der Waals surface area contributed by atoms with Gasteiger partial charge in [-0.2, -0.15) is 0 Å². The predicted octanol–water partition coefficient (Wildman–Crippen LogP) is 5.58. The van der Waals surface area contributed by atoms with Crippen molar-refractivity contribution in [2.45, 2.75) is 59.8 Å². The summed E-state index contributed by atoms with van der Waals surface area (Å²) < 4.78 is 4.89. The molecule has 2 aromatic rings. The first-order chi connectivity index (χ1) is 17.3. The molecule has 2 aromatic carbocycles. The Morgan fingerprint density at radius 3 is 2.53 bits per heavy atom. The molecule has 2 aliphatic heterocycles. The number of benzene rings is 2. The molecule has 0 spiro atoms. The third-order valence-electron chi connectivity index (χ3n) is 5.61. The molecule has 0 saturated carbocycles. The van der Waals surface area contributed by atoms with Gasteiger partial charge in [-0.05, 0) is 54.8 Å². The summed E-state index contributed by atoms with van der Waals surface area (Å²) in [5.74, 6) is 2.11. The van der Waals surface area contributed by atoms with E-state index in [2.05, 4.69) is 19.2 Å². The Balaban J connectivity index is 0.000000431. The molecule has 0 aliphatic carbocycles. The number of phenolic OH excluding ortho intramolecular Hbond substituents is 1. The van der Waals surface area contributed by atoms with Gasteiger partial charge in [0.05, 0.1) is 19.8 Å². The minimum Gasteiger partial charge on any atom is -0.508 e. The molecular weight excluding hydrogens is 471 g/mol. The first-order valence-electron chi connectivity index (χ1n) is 12.6. The van der Waals surface area contributed by atoms with E-state index in [1.54, 1.807) is 17.9 Å². The summed E-state index contributed by atoms with van der Waals surface area (Å²) in [5, 5.41) is 28.2. The first kappa shape index (κ1) is 29.6. The monoisotopic (exact) mass is 512 g/mol. The molecule has 1 fully saturated rings. The van der Waals surface area contributed by atoms with Crippen LogP contribution in [0.15, 0.2) is 36.4 Å². The number of aromatic hydroxyl groups is 1. The van der Waals surface area contributed by atoms with Crippen LogP contribution in [0.1, 0.15) is 61.7 Å². The van der Waals surface area contributed by atoms with E-state index in [1.807, 2.05) is 44.2 Å². The van der Waals surface area contributed by atoms with Crippen molar-refractivity contribution in [1.82, 2.24) is 5.32 Å². The highest BCUT2D eigenvalue weighted by Gasteiger charge is 2.31. The molecule has 36 heavy (non-hydrogen) atoms. The number of phenols is 1. The lowest BCUT2D eigenvalue weighted by molar-refractivity contribution is 0.0446. The second-order valence-electron chi connectivity index (χ2n) is 9.23. The molecule has 1 saturated heterocycles. The zero-order valence-corrected chi connectivity index (χ0v) is 23.1. The Kier molecular flexibility index (Phi) is 12.2. The van der Waals surface area contributed by atoms with E-state index in [9.17, 15) is 9.90 Å². The standard InChI is InChI=1S/C22H27N3O2.C4H8NOP.C2H6/c1-14(2)11-24-12-17-9-19-20(21(26)10-17)13-25(22(19)27)18-6-4-5-16(8-18)7-15(3)23;5-3-7-4-1-6-2-4;1-2/h4-6,8-10,14,23-24,26H,7,11-13H2,1-3H3;3-5,7H,1-2H2;1-2H3. The van der Waals surface area contributed by atoms with Gasteiger partial charge in [0.2, 0.25) is 0 Å². The summed E-state index contributed by atoms with van der Waals surface area (Å²) >= 11 is 0. The number of nitrogens with zero attached hydrogens (tertiary/aromatic N) is 1. The number of carbonyl (C=O) groups excluding carboxylic acids is 1. The van der Waals surface area contributed by atoms with E-state index < -0.39 is 0 Å². The van der Waals surface area contributed by atoms with E-state index in [0.717, 1.165) is 36.6 Å². The van der Waals surface area contributed by atoms with Crippen LogP contribution in [0, 0.1) is 16.7 Å². The van der Waals surface area contributed by atoms with Gasteiger partial charge in [-0.1, -0.05) is 48.4 Å². The van der Waals surface area contributed by atoms with Gasteiger partial charge in [-0.15, -0.1) is 0 Å². The summed E-state index contributed by atoms with van der Waals surface area (Å²) in [6, 6.07) is 11.4. The average molecular weight is 513 g/mol. The molecule has 4 rings (SSSR count). The van der Waals surface area contributed by atoms with Gasteiger partial charge in [0, 0.05) is 47.1 Å². The predicted molar refractivity (Wildman–Crippen MR) is 152 cm³/mol. The number of ether oxygens (including phenoxy) is 1. The molecule has 1 atom stereocenters. The zero-order valence-electron chi connectivity index (χ0n) is 22.1. The smallest absolute Gasteiger partial charge is 0.259 e. The molecule has 8 heteroatoms. The van der Waals surface area contributed by atoms with E-state index in [0.29, 0.717) is 56.5 Å². The largest absolute Gasteiger partial charge is 0.508 e. The van der Waals surface area contributed by atoms with Crippen molar-refractivity contribution < 1.29 is 14.6 Å². The number of hydrogen-bond acceptors (Lipinski definition) is 6. The van der Waals surface area contributed by atoms with Gasteiger partial charge < -0.3 is 30.9 Å². The molecule has 7 nitrogen and oxygen atoms in total. The summed E-state index contributed by atoms with van der Waals surface area (Å²) in [5.41, 5.74) is 5.25. The molecule has 0 radical (unpaired) electrons. The Bertz CT molecular complexity index is 1040. The number of hydrogen-bond donors (Lipinski definition) is 4. The van der Waals surface area contributed by atoms with E-state index in [4.69, 9.17) is 15.6 Å². The highest BCUT2D eigenvalue weighted by molar-refractivity contribution is 7.56. The molecule has 2 heterocycles. The summed E-state index contributed by atoms with van der Waals surface area (Å²) in [6.45, 7) is 13.7. The van der Waals surface area contributed by atoms with Gasteiger partial charge in [-0.3, -0.25) is 4.79 Å². The van der Waals surface area contributed by atoms with Crippen LogP contribution in [0.4, 0.5) is 5.69 Å². The van der Waals surface area contributed by atoms with Crippen LogP contribution in [-0.4, -0.2) is 48.1 Å². The summed E-state index contributed by atoms with van der Waals surface area (Å²) in [4.78, 5) is 14.7. The molecule has 1 amide bonds. The van der Waals surface area contributed by atoms with Crippen LogP contribution in [0.2, 0.25) is 0 Å². The summed E-state index contributed by atoms with van der Waals surface area (Å²) in [7, 11) is 0.692. The second kappa shape index (κ2) is 14.8. The SMILES string of the molecule is CC.CC(=N)Cc1cccc(N2Cc3c(O)cc(CNCC(C)C)cc3C2=O)c1.N=CPC1COC1. The Morgan fingerprint density at radius 1 is 1.25 bits per heavy atom. The number of fused-ring (bicyclic) bond motifs is 1. The van der Waals surface area contributed by atoms with Gasteiger partial charge in [0.1, 0.15) is 5.75 Å². The van der Waals surface area contributed by atoms with Gasteiger partial charge in [0.25, 0.3) is 5.91 Å². The Morgan fingerprint density at radius 2 is 1.97 bits per heavy atom. The Hall–Kier alpha value is -2.60. The molecule has 0 aromatic heterocycles. The van der Waals surface area contributed by atoms with Crippen molar-refractivity contribution in [1.29, 1.82) is 10.8 Å². The third-order valence-corrected chi connectivity index (χ3v) is 6.58. The van der Waals surface area contributed by atoms with Crippen molar-refractivity contribution in [2.24, 2.45) is 5.92 Å². The quantitative estimate of drug-likeness (QED) is 0.260. The molecule has 1 unspecified atom stereocenters. The first-order valence-corrected chi connectivity index (χ1v) is 13.8. The van der Waals surface area contributed by atoms with Crippen molar-refractivity contribution in [2.75, 3.05) is 24.7 Å². The van der Waals surface area contributed by atoms with E-state index >= 15 is 0 Å². The lowest BCUT2D eigenvalue weighted by Gasteiger charge is -2.23. The maximum atomic E-state index is 13.0. The lowest BCUT2D eigenvalue weighted by Crippen LogP contribution is -2.28. The van der Waals surface area contributed by atoms with Crippen LogP contribution >= 0.6 is 8.58 Å². The zero-order chi connectivity index (χ0) is 26.7. The topological polar surface area (TPSA) is 110 Å². The summed E-state index contributed by atoms with van der Waals surface area (Å²) in [6.07, 6.45) is 0.569. The van der Waals surface area contributed by atoms with Crippen LogP contribution in [-0.2, 0) is 24.2 Å². The molecular formula is C28H41N4O3P. The normalized spacial score (nSPS) is 14.6. The van der Waals surface area contributed by atoms with Crippen molar-refractivity contribution in [3.63, 3.8) is 0 Å². The van der Waals surface area contributed by atoms with E-state index in [1.165, 1.54) is 5.96 Å². The fourth-order valence-electron chi connectivity index (χ4n) is 3.85. The fourth-order valence-corrected chi connectivity index (χ4v) is 4.52. The van der Waals surface area contributed by atoms with Crippen molar-refractivity contribution >= 4 is 31.8 Å². The number of nitrogens with one attached hydrogen (secondary N) is 3. The molecule has 4 N–H and O–H groups in total. The minimum atomic E-state index is -0.0882. The highest BCUT2D eigenvalue weighted by Crippen LogP contribution is 2.35. The van der Waals surface area contributed by atoms with Gasteiger partial charge in [0.15, 0.2) is 0 Å². The maximum absolute atomic E-state index is 13.0. The Labute approximate surface area is 217 Å². The number of rotatable bonds is 9. The van der Waals surface area contributed by atoms with Crippen molar-refractivity contribution in [3.8, 4) is 5.75 Å². The van der Waals surface area contributed by atoms with Crippen LogP contribution in [0.3, 0.4) is 0 Å². The molecule has 0 bridgehead atoms. The second-order valence-corrected chi connectivity index (χ2v) is 10.7. The number of anilines is 1. The molecule has 2 aliphatic rings.